The molecule has 1 aliphatic rings. The molecular formula is C14H13N3O. The zero-order valence-electron chi connectivity index (χ0n) is 9.84. The van der Waals surface area contributed by atoms with Crippen molar-refractivity contribution in [3.63, 3.8) is 0 Å². The first-order valence-corrected chi connectivity index (χ1v) is 5.86. The van der Waals surface area contributed by atoms with Crippen LogP contribution in [-0.2, 0) is 6.42 Å². The highest BCUT2D eigenvalue weighted by Crippen LogP contribution is 2.27. The molecular weight excluding hydrogens is 226 g/mol. The van der Waals surface area contributed by atoms with Crippen molar-refractivity contribution in [2.75, 3.05) is 17.2 Å². The molecule has 4 nitrogen and oxygen atoms in total. The van der Waals surface area contributed by atoms with Crippen LogP contribution in [-0.4, -0.2) is 17.4 Å². The molecule has 0 radical (unpaired) electrons. The molecule has 0 spiro atoms. The van der Waals surface area contributed by atoms with Crippen molar-refractivity contribution in [2.45, 2.75) is 6.42 Å². The van der Waals surface area contributed by atoms with Crippen LogP contribution in [0.25, 0.3) is 0 Å². The van der Waals surface area contributed by atoms with Crippen LogP contribution < -0.4 is 10.6 Å². The van der Waals surface area contributed by atoms with Gasteiger partial charge in [0.15, 0.2) is 0 Å². The van der Waals surface area contributed by atoms with Gasteiger partial charge >= 0.3 is 0 Å². The highest BCUT2D eigenvalue weighted by Gasteiger charge is 2.25. The minimum Gasteiger partial charge on any atom is -0.396 e. The Labute approximate surface area is 105 Å². The van der Waals surface area contributed by atoms with Crippen molar-refractivity contribution in [2.24, 2.45) is 0 Å². The van der Waals surface area contributed by atoms with Crippen LogP contribution in [0.15, 0.2) is 42.7 Å². The molecule has 4 heteroatoms. The highest BCUT2D eigenvalue weighted by atomic mass is 16.2. The van der Waals surface area contributed by atoms with Crippen LogP contribution in [0.3, 0.4) is 0 Å². The molecule has 0 aliphatic carbocycles. The number of nitrogen functional groups attached to an aromatic ring is 1. The summed E-state index contributed by atoms with van der Waals surface area (Å²) >= 11 is 0. The van der Waals surface area contributed by atoms with Crippen LogP contribution in [0.4, 0.5) is 11.4 Å². The molecule has 2 heterocycles. The predicted octanol–water partition coefficient (Wildman–Crippen LogP) is 1.87. The van der Waals surface area contributed by atoms with E-state index in [-0.39, 0.29) is 5.91 Å². The zero-order chi connectivity index (χ0) is 12.5. The molecule has 0 atom stereocenters. The lowest BCUT2D eigenvalue weighted by molar-refractivity contribution is 0.0981. The third-order valence-electron chi connectivity index (χ3n) is 3.22. The maximum atomic E-state index is 12.4. The number of rotatable bonds is 1. The summed E-state index contributed by atoms with van der Waals surface area (Å²) in [4.78, 5) is 18.1. The summed E-state index contributed by atoms with van der Waals surface area (Å²) in [6.07, 6.45) is 4.08. The largest absolute Gasteiger partial charge is 0.396 e. The van der Waals surface area contributed by atoms with Gasteiger partial charge in [0.2, 0.25) is 0 Å². The van der Waals surface area contributed by atoms with Crippen molar-refractivity contribution in [3.8, 4) is 0 Å². The lowest BCUT2D eigenvalue weighted by Crippen LogP contribution is -2.38. The fourth-order valence-corrected chi connectivity index (χ4v) is 2.30. The number of fused-ring (bicyclic) bond motifs is 1. The van der Waals surface area contributed by atoms with Gasteiger partial charge in [-0.25, -0.2) is 0 Å². The quantitative estimate of drug-likeness (QED) is 0.826. The Morgan fingerprint density at radius 2 is 2.06 bits per heavy atom. The first kappa shape index (κ1) is 10.8. The first-order valence-electron chi connectivity index (χ1n) is 5.86. The predicted molar refractivity (Wildman–Crippen MR) is 70.5 cm³/mol. The topological polar surface area (TPSA) is 59.2 Å². The normalized spacial score (nSPS) is 14.4. The monoisotopic (exact) mass is 239 g/mol. The van der Waals surface area contributed by atoms with Gasteiger partial charge in [-0.2, -0.15) is 0 Å². The Morgan fingerprint density at radius 1 is 1.22 bits per heavy atom. The second-order valence-corrected chi connectivity index (χ2v) is 4.30. The Balaban J connectivity index is 2.03. The molecule has 90 valence electrons. The number of anilines is 2. The lowest BCUT2D eigenvalue weighted by atomic mass is 9.98. The van der Waals surface area contributed by atoms with Gasteiger partial charge in [-0.15, -0.1) is 0 Å². The molecule has 18 heavy (non-hydrogen) atoms. The number of hydrogen-bond acceptors (Lipinski definition) is 3. The molecule has 1 aromatic heterocycles. The van der Waals surface area contributed by atoms with Gasteiger partial charge in [0.05, 0.1) is 17.6 Å². The molecule has 1 amide bonds. The zero-order valence-corrected chi connectivity index (χ0v) is 9.84. The van der Waals surface area contributed by atoms with Crippen molar-refractivity contribution in [3.05, 3.63) is 53.9 Å². The number of benzene rings is 1. The van der Waals surface area contributed by atoms with E-state index in [0.717, 1.165) is 23.2 Å². The van der Waals surface area contributed by atoms with Gasteiger partial charge in [-0.3, -0.25) is 9.78 Å². The molecule has 1 aromatic carbocycles. The number of nitrogens with zero attached hydrogens (tertiary/aromatic N) is 2. The summed E-state index contributed by atoms with van der Waals surface area (Å²) in [6, 6.07) is 9.49. The van der Waals surface area contributed by atoms with E-state index >= 15 is 0 Å². The minimum atomic E-state index is 0.00903. The number of nitrogens with two attached hydrogens (primary N) is 1. The molecule has 0 unspecified atom stereocenters. The van der Waals surface area contributed by atoms with Crippen LogP contribution >= 0.6 is 0 Å². The maximum Gasteiger partial charge on any atom is 0.258 e. The Hall–Kier alpha value is -2.36. The molecule has 0 bridgehead atoms. The second kappa shape index (κ2) is 4.14. The van der Waals surface area contributed by atoms with Gasteiger partial charge in [-0.1, -0.05) is 18.2 Å². The van der Waals surface area contributed by atoms with E-state index in [0.29, 0.717) is 12.2 Å². The van der Waals surface area contributed by atoms with Gasteiger partial charge in [0.1, 0.15) is 0 Å². The van der Waals surface area contributed by atoms with Gasteiger partial charge < -0.3 is 10.6 Å². The summed E-state index contributed by atoms with van der Waals surface area (Å²) in [5.41, 5.74) is 9.02. The third kappa shape index (κ3) is 1.62. The molecule has 0 saturated carbocycles. The molecule has 2 N–H and O–H groups in total. The number of pyridine rings is 1. The number of carbonyl (C=O) groups is 1. The average Bonchev–Trinajstić information content (AvgIpc) is 2.41. The van der Waals surface area contributed by atoms with E-state index in [2.05, 4.69) is 4.98 Å². The summed E-state index contributed by atoms with van der Waals surface area (Å²) in [7, 11) is 0. The van der Waals surface area contributed by atoms with Crippen molar-refractivity contribution in [1.82, 2.24) is 4.98 Å². The van der Waals surface area contributed by atoms with Crippen LogP contribution in [0, 0.1) is 0 Å². The summed E-state index contributed by atoms with van der Waals surface area (Å²) in [5.74, 6) is 0.00903. The number of amides is 1. The number of aromatic nitrogens is 1. The van der Waals surface area contributed by atoms with Gasteiger partial charge in [-0.05, 0) is 24.1 Å². The lowest BCUT2D eigenvalue weighted by Gasteiger charge is -2.29. The van der Waals surface area contributed by atoms with E-state index in [9.17, 15) is 4.79 Å². The van der Waals surface area contributed by atoms with E-state index in [1.54, 1.807) is 23.4 Å². The molecule has 2 aromatic rings. The smallest absolute Gasteiger partial charge is 0.258 e. The first-order chi connectivity index (χ1) is 8.77. The molecule has 1 aliphatic heterocycles. The molecule has 3 rings (SSSR count). The van der Waals surface area contributed by atoms with Crippen molar-refractivity contribution in [1.29, 1.82) is 0 Å². The van der Waals surface area contributed by atoms with Gasteiger partial charge in [0, 0.05) is 18.3 Å². The molecule has 0 fully saturated rings. The Kier molecular flexibility index (Phi) is 2.48. The highest BCUT2D eigenvalue weighted by molar-refractivity contribution is 6.09. The summed E-state index contributed by atoms with van der Waals surface area (Å²) in [6.45, 7) is 0.657. The number of hydrogen-bond donors (Lipinski definition) is 1. The van der Waals surface area contributed by atoms with Crippen LogP contribution in [0.1, 0.15) is 15.9 Å². The fraction of sp³-hybridized carbons (Fsp3) is 0.143. The summed E-state index contributed by atoms with van der Waals surface area (Å²) in [5, 5.41) is 0. The molecule has 0 saturated heterocycles. The van der Waals surface area contributed by atoms with E-state index in [1.165, 1.54) is 0 Å². The maximum absolute atomic E-state index is 12.4. The van der Waals surface area contributed by atoms with Gasteiger partial charge in [0.25, 0.3) is 5.91 Å². The minimum absolute atomic E-state index is 0.00903. The SMILES string of the molecule is Nc1cnccc1N1CCc2ccccc2C1=O. The van der Waals surface area contributed by atoms with E-state index in [1.807, 2.05) is 24.3 Å². The van der Waals surface area contributed by atoms with E-state index in [4.69, 9.17) is 5.73 Å². The van der Waals surface area contributed by atoms with E-state index < -0.39 is 0 Å². The standard InChI is InChI=1S/C14H13N3O/c15-12-9-16-7-5-13(12)17-8-6-10-3-1-2-4-11(10)14(17)18/h1-5,7,9H,6,8,15H2. The number of carbonyl (C=O) groups excluding carboxylic acids is 1. The van der Waals surface area contributed by atoms with Crippen molar-refractivity contribution < 1.29 is 4.79 Å². The second-order valence-electron chi connectivity index (χ2n) is 4.30. The Morgan fingerprint density at radius 3 is 2.89 bits per heavy atom. The third-order valence-corrected chi connectivity index (χ3v) is 3.22. The summed E-state index contributed by atoms with van der Waals surface area (Å²) < 4.78 is 0. The Bertz CT molecular complexity index is 609. The fourth-order valence-electron chi connectivity index (χ4n) is 2.30. The van der Waals surface area contributed by atoms with Crippen LogP contribution in [0.5, 0.6) is 0 Å². The average molecular weight is 239 g/mol. The van der Waals surface area contributed by atoms with Crippen molar-refractivity contribution >= 4 is 17.3 Å². The van der Waals surface area contributed by atoms with Crippen LogP contribution in [0.2, 0.25) is 0 Å².